The average Bonchev–Trinajstić information content (AvgIpc) is 2.99. The van der Waals surface area contributed by atoms with E-state index in [9.17, 15) is 13.2 Å². The van der Waals surface area contributed by atoms with Crippen molar-refractivity contribution >= 4 is 43.3 Å². The molecule has 1 N–H and O–H groups in total. The number of nitrogens with zero attached hydrogens (tertiary/aromatic N) is 1. The second-order valence-corrected chi connectivity index (χ2v) is 8.14. The Labute approximate surface area is 111 Å². The zero-order valence-electron chi connectivity index (χ0n) is 8.88. The third-order valence-corrected chi connectivity index (χ3v) is 6.73. The molecule has 1 heterocycles. The predicted molar refractivity (Wildman–Crippen MR) is 66.9 cm³/mol. The minimum atomic E-state index is -3.59. The summed E-state index contributed by atoms with van der Waals surface area (Å²) in [4.78, 5) is 10.8. The molecule has 1 saturated carbocycles. The van der Waals surface area contributed by atoms with Gasteiger partial charge in [-0.05, 0) is 34.8 Å². The second kappa shape index (κ2) is 4.34. The Hall–Kier alpha value is -0.440. The standard InChI is InChI=1S/C9H10BrNO4S2/c1-11(5-2-3-5)17(14,15)7-4-6(9(12)13)16-8(7)10/h4-5H,2-3H2,1H3,(H,12,13). The number of aromatic carboxylic acids is 1. The summed E-state index contributed by atoms with van der Waals surface area (Å²) >= 11 is 4.02. The quantitative estimate of drug-likeness (QED) is 0.910. The van der Waals surface area contributed by atoms with Crippen LogP contribution in [0.4, 0.5) is 0 Å². The lowest BCUT2D eigenvalue weighted by Crippen LogP contribution is -2.28. The summed E-state index contributed by atoms with van der Waals surface area (Å²) in [7, 11) is -2.06. The van der Waals surface area contributed by atoms with Crippen molar-refractivity contribution in [2.75, 3.05) is 7.05 Å². The van der Waals surface area contributed by atoms with E-state index in [0.717, 1.165) is 24.2 Å². The largest absolute Gasteiger partial charge is 0.477 e. The molecule has 1 aliphatic carbocycles. The monoisotopic (exact) mass is 339 g/mol. The number of hydrogen-bond donors (Lipinski definition) is 1. The molecule has 0 aromatic carbocycles. The molecule has 0 radical (unpaired) electrons. The van der Waals surface area contributed by atoms with Crippen LogP contribution in [0.15, 0.2) is 14.7 Å². The Morgan fingerprint density at radius 1 is 1.59 bits per heavy atom. The molecule has 5 nitrogen and oxygen atoms in total. The summed E-state index contributed by atoms with van der Waals surface area (Å²) in [6.07, 6.45) is 1.73. The molecule has 8 heteroatoms. The van der Waals surface area contributed by atoms with Gasteiger partial charge in [0.25, 0.3) is 0 Å². The molecule has 0 atom stereocenters. The van der Waals surface area contributed by atoms with E-state index < -0.39 is 16.0 Å². The van der Waals surface area contributed by atoms with E-state index >= 15 is 0 Å². The van der Waals surface area contributed by atoms with Crippen LogP contribution in [0.1, 0.15) is 22.5 Å². The van der Waals surface area contributed by atoms with E-state index in [1.807, 2.05) is 0 Å². The van der Waals surface area contributed by atoms with Crippen LogP contribution in [0.25, 0.3) is 0 Å². The van der Waals surface area contributed by atoms with Crippen molar-refractivity contribution in [2.24, 2.45) is 0 Å². The van der Waals surface area contributed by atoms with Crippen molar-refractivity contribution in [2.45, 2.75) is 23.8 Å². The molecule has 94 valence electrons. The molecule has 1 aromatic rings. The molecule has 0 aliphatic heterocycles. The Morgan fingerprint density at radius 3 is 2.59 bits per heavy atom. The van der Waals surface area contributed by atoms with Crippen LogP contribution in [0.2, 0.25) is 0 Å². The van der Waals surface area contributed by atoms with E-state index in [1.165, 1.54) is 17.4 Å². The summed E-state index contributed by atoms with van der Waals surface area (Å²) in [6.45, 7) is 0. The second-order valence-electron chi connectivity index (χ2n) is 3.81. The summed E-state index contributed by atoms with van der Waals surface area (Å²) < 4.78 is 26.0. The number of hydrogen-bond acceptors (Lipinski definition) is 4. The topological polar surface area (TPSA) is 74.7 Å². The number of carboxylic acids is 1. The Kier molecular flexibility index (Phi) is 3.32. The van der Waals surface area contributed by atoms with E-state index in [1.54, 1.807) is 0 Å². The van der Waals surface area contributed by atoms with Gasteiger partial charge in [-0.3, -0.25) is 0 Å². The Morgan fingerprint density at radius 2 is 2.18 bits per heavy atom. The molecular weight excluding hydrogens is 330 g/mol. The molecule has 0 saturated heterocycles. The fourth-order valence-corrected chi connectivity index (χ4v) is 5.19. The first-order valence-corrected chi connectivity index (χ1v) is 7.89. The molecule has 1 aromatic heterocycles. The van der Waals surface area contributed by atoms with Gasteiger partial charge in [-0.25, -0.2) is 13.2 Å². The number of thiophene rings is 1. The maximum Gasteiger partial charge on any atom is 0.345 e. The van der Waals surface area contributed by atoms with E-state index in [2.05, 4.69) is 15.9 Å². The highest BCUT2D eigenvalue weighted by Crippen LogP contribution is 2.36. The maximum atomic E-state index is 12.2. The number of sulfonamides is 1. The lowest BCUT2D eigenvalue weighted by Gasteiger charge is -2.15. The van der Waals surface area contributed by atoms with Gasteiger partial charge in [0.2, 0.25) is 10.0 Å². The average molecular weight is 340 g/mol. The number of carbonyl (C=O) groups is 1. The van der Waals surface area contributed by atoms with Gasteiger partial charge in [-0.15, -0.1) is 11.3 Å². The maximum absolute atomic E-state index is 12.2. The van der Waals surface area contributed by atoms with Crippen molar-refractivity contribution in [1.82, 2.24) is 4.31 Å². The molecule has 0 spiro atoms. The van der Waals surface area contributed by atoms with Crippen LogP contribution >= 0.6 is 27.3 Å². The highest BCUT2D eigenvalue weighted by Gasteiger charge is 2.37. The van der Waals surface area contributed by atoms with E-state index in [4.69, 9.17) is 5.11 Å². The van der Waals surface area contributed by atoms with Crippen LogP contribution in [-0.4, -0.2) is 36.9 Å². The molecule has 1 fully saturated rings. The molecule has 0 bridgehead atoms. The first-order valence-electron chi connectivity index (χ1n) is 4.84. The van der Waals surface area contributed by atoms with Gasteiger partial charge in [0, 0.05) is 13.1 Å². The molecule has 0 unspecified atom stereocenters. The van der Waals surface area contributed by atoms with Gasteiger partial charge < -0.3 is 5.11 Å². The number of halogens is 1. The first-order chi connectivity index (χ1) is 7.84. The number of rotatable bonds is 4. The molecule has 1 aliphatic rings. The van der Waals surface area contributed by atoms with Crippen LogP contribution < -0.4 is 0 Å². The lowest BCUT2D eigenvalue weighted by molar-refractivity contribution is 0.0702. The van der Waals surface area contributed by atoms with Gasteiger partial charge >= 0.3 is 5.97 Å². The normalized spacial score (nSPS) is 16.4. The van der Waals surface area contributed by atoms with Gasteiger partial charge in [0.15, 0.2) is 0 Å². The van der Waals surface area contributed by atoms with Gasteiger partial charge in [0.1, 0.15) is 9.77 Å². The summed E-state index contributed by atoms with van der Waals surface area (Å²) in [6, 6.07) is 1.26. The predicted octanol–water partition coefficient (Wildman–Crippen LogP) is 1.99. The zero-order chi connectivity index (χ0) is 12.8. The highest BCUT2D eigenvalue weighted by molar-refractivity contribution is 9.11. The minimum Gasteiger partial charge on any atom is -0.477 e. The van der Waals surface area contributed by atoms with Crippen LogP contribution in [0, 0.1) is 0 Å². The summed E-state index contributed by atoms with van der Waals surface area (Å²) in [5.74, 6) is -1.12. The fourth-order valence-electron chi connectivity index (χ4n) is 1.42. The van der Waals surface area contributed by atoms with Crippen LogP contribution in [0.3, 0.4) is 0 Å². The number of carboxylic acid groups (broad SMARTS) is 1. The van der Waals surface area contributed by atoms with Crippen LogP contribution in [0.5, 0.6) is 0 Å². The first kappa shape index (κ1) is 13.0. The molecule has 2 rings (SSSR count). The van der Waals surface area contributed by atoms with E-state index in [0.29, 0.717) is 3.79 Å². The Balaban J connectivity index is 2.42. The molecule has 0 amide bonds. The van der Waals surface area contributed by atoms with Gasteiger partial charge in [0.05, 0.1) is 3.79 Å². The third-order valence-electron chi connectivity index (χ3n) is 2.58. The SMILES string of the molecule is CN(C1CC1)S(=O)(=O)c1cc(C(=O)O)sc1Br. The smallest absolute Gasteiger partial charge is 0.345 e. The molecule has 17 heavy (non-hydrogen) atoms. The van der Waals surface area contributed by atoms with Crippen molar-refractivity contribution in [3.8, 4) is 0 Å². The summed E-state index contributed by atoms with van der Waals surface area (Å²) in [5.41, 5.74) is 0. The van der Waals surface area contributed by atoms with E-state index in [-0.39, 0.29) is 15.8 Å². The zero-order valence-corrected chi connectivity index (χ0v) is 12.1. The van der Waals surface area contributed by atoms with Crippen molar-refractivity contribution in [3.05, 3.63) is 14.7 Å². The minimum absolute atomic E-state index is 0.0136. The van der Waals surface area contributed by atoms with Crippen LogP contribution in [-0.2, 0) is 10.0 Å². The highest BCUT2D eigenvalue weighted by atomic mass is 79.9. The molecular formula is C9H10BrNO4S2. The van der Waals surface area contributed by atoms with Gasteiger partial charge in [-0.2, -0.15) is 4.31 Å². The summed E-state index contributed by atoms with van der Waals surface area (Å²) in [5, 5.41) is 8.83. The van der Waals surface area contributed by atoms with Gasteiger partial charge in [-0.1, -0.05) is 0 Å². The fraction of sp³-hybridized carbons (Fsp3) is 0.444. The van der Waals surface area contributed by atoms with Crippen molar-refractivity contribution < 1.29 is 18.3 Å². The lowest BCUT2D eigenvalue weighted by atomic mass is 10.5. The van der Waals surface area contributed by atoms with Crippen molar-refractivity contribution in [3.63, 3.8) is 0 Å². The Bertz CT molecular complexity index is 562. The van der Waals surface area contributed by atoms with Crippen molar-refractivity contribution in [1.29, 1.82) is 0 Å². The third kappa shape index (κ3) is 2.40.